The first-order valence-corrected chi connectivity index (χ1v) is 6.09. The molecule has 0 spiro atoms. The van der Waals surface area contributed by atoms with Crippen molar-refractivity contribution in [3.05, 3.63) is 35.6 Å². The van der Waals surface area contributed by atoms with Crippen molar-refractivity contribution in [3.8, 4) is 0 Å². The third-order valence-electron chi connectivity index (χ3n) is 3.73. The highest BCUT2D eigenvalue weighted by Gasteiger charge is 2.65. The predicted molar refractivity (Wildman–Crippen MR) is 66.6 cm³/mol. The van der Waals surface area contributed by atoms with E-state index in [9.17, 15) is 14.0 Å². The van der Waals surface area contributed by atoms with E-state index in [0.717, 1.165) is 0 Å². The second-order valence-electron chi connectivity index (χ2n) is 5.46. The van der Waals surface area contributed by atoms with Crippen LogP contribution in [0.4, 0.5) is 4.39 Å². The van der Waals surface area contributed by atoms with Gasteiger partial charge in [-0.3, -0.25) is 9.59 Å². The van der Waals surface area contributed by atoms with E-state index in [1.54, 1.807) is 26.0 Å². The van der Waals surface area contributed by atoms with Gasteiger partial charge < -0.3 is 10.4 Å². The number of carbonyl (C=O) groups excluding carboxylic acids is 1. The molecule has 2 atom stereocenters. The fourth-order valence-electron chi connectivity index (χ4n) is 2.53. The predicted octanol–water partition coefficient (Wildman–Crippen LogP) is 1.80. The molecule has 4 nitrogen and oxygen atoms in total. The summed E-state index contributed by atoms with van der Waals surface area (Å²) in [5, 5.41) is 11.7. The second-order valence-corrected chi connectivity index (χ2v) is 5.46. The van der Waals surface area contributed by atoms with Crippen LogP contribution in [0.15, 0.2) is 24.3 Å². The summed E-state index contributed by atoms with van der Waals surface area (Å²) >= 11 is 0. The van der Waals surface area contributed by atoms with Crippen LogP contribution in [0.2, 0.25) is 0 Å². The molecule has 5 heteroatoms. The van der Waals surface area contributed by atoms with E-state index in [-0.39, 0.29) is 18.3 Å². The molecule has 1 saturated carbocycles. The molecule has 0 aromatic heterocycles. The molecule has 1 amide bonds. The number of rotatable bonds is 4. The zero-order chi connectivity index (χ0) is 14.2. The fourth-order valence-corrected chi connectivity index (χ4v) is 2.53. The number of hydrogen-bond donors (Lipinski definition) is 2. The Balaban J connectivity index is 1.95. The van der Waals surface area contributed by atoms with Gasteiger partial charge in [0.05, 0.1) is 11.8 Å². The molecule has 0 saturated heterocycles. The van der Waals surface area contributed by atoms with Gasteiger partial charge >= 0.3 is 5.97 Å². The lowest BCUT2D eigenvalue weighted by Crippen LogP contribution is -2.26. The molecule has 2 N–H and O–H groups in total. The van der Waals surface area contributed by atoms with Gasteiger partial charge in [-0.2, -0.15) is 0 Å². The summed E-state index contributed by atoms with van der Waals surface area (Å²) in [5.41, 5.74) is 0.136. The van der Waals surface area contributed by atoms with Crippen molar-refractivity contribution >= 4 is 11.9 Å². The Morgan fingerprint density at radius 2 is 2.05 bits per heavy atom. The van der Waals surface area contributed by atoms with E-state index in [1.165, 1.54) is 12.1 Å². The maximum absolute atomic E-state index is 13.0. The van der Waals surface area contributed by atoms with Crippen LogP contribution in [0.1, 0.15) is 19.4 Å². The van der Waals surface area contributed by atoms with Crippen molar-refractivity contribution in [2.24, 2.45) is 17.3 Å². The van der Waals surface area contributed by atoms with Gasteiger partial charge in [0.1, 0.15) is 5.82 Å². The van der Waals surface area contributed by atoms with Crippen LogP contribution >= 0.6 is 0 Å². The summed E-state index contributed by atoms with van der Waals surface area (Å²) in [7, 11) is 0. The Kier molecular flexibility index (Phi) is 3.30. The van der Waals surface area contributed by atoms with E-state index in [4.69, 9.17) is 5.11 Å². The van der Waals surface area contributed by atoms with Gasteiger partial charge in [0, 0.05) is 6.54 Å². The summed E-state index contributed by atoms with van der Waals surface area (Å²) in [5.74, 6) is -2.75. The minimum absolute atomic E-state index is 0.204. The van der Waals surface area contributed by atoms with E-state index in [2.05, 4.69) is 5.32 Å². The highest BCUT2D eigenvalue weighted by atomic mass is 19.1. The highest BCUT2D eigenvalue weighted by molar-refractivity contribution is 5.91. The number of carboxylic acids is 1. The molecule has 0 radical (unpaired) electrons. The SMILES string of the molecule is CC1(C)C(C(=O)O)C1C(=O)NCc1cccc(F)c1. The van der Waals surface area contributed by atoms with Crippen LogP contribution in [0.3, 0.4) is 0 Å². The van der Waals surface area contributed by atoms with E-state index in [0.29, 0.717) is 5.56 Å². The quantitative estimate of drug-likeness (QED) is 0.872. The maximum Gasteiger partial charge on any atom is 0.307 e. The fraction of sp³-hybridized carbons (Fsp3) is 0.429. The molecule has 1 aliphatic rings. The molecule has 1 aromatic carbocycles. The Bertz CT molecular complexity index is 527. The number of benzene rings is 1. The molecule has 2 rings (SSSR count). The molecule has 1 aromatic rings. The Hall–Kier alpha value is -1.91. The van der Waals surface area contributed by atoms with Gasteiger partial charge in [0.2, 0.25) is 5.91 Å². The van der Waals surface area contributed by atoms with Crippen LogP contribution in [0.5, 0.6) is 0 Å². The minimum Gasteiger partial charge on any atom is -0.481 e. The average molecular weight is 265 g/mol. The number of aliphatic carboxylic acids is 1. The number of nitrogens with one attached hydrogen (secondary N) is 1. The Labute approximate surface area is 110 Å². The number of halogens is 1. The van der Waals surface area contributed by atoms with Crippen molar-refractivity contribution in [1.29, 1.82) is 0 Å². The average Bonchev–Trinajstić information content (AvgIpc) is 2.90. The van der Waals surface area contributed by atoms with Crippen LogP contribution in [0.25, 0.3) is 0 Å². The van der Waals surface area contributed by atoms with Crippen LogP contribution in [-0.2, 0) is 16.1 Å². The molecular formula is C14H16FNO3. The summed E-state index contributed by atoms with van der Waals surface area (Å²) in [4.78, 5) is 22.9. The molecular weight excluding hydrogens is 249 g/mol. The molecule has 1 aliphatic carbocycles. The summed E-state index contributed by atoms with van der Waals surface area (Å²) in [6, 6.07) is 5.94. The molecule has 2 unspecified atom stereocenters. The lowest BCUT2D eigenvalue weighted by atomic mass is 10.1. The molecule has 102 valence electrons. The van der Waals surface area contributed by atoms with E-state index >= 15 is 0 Å². The van der Waals surface area contributed by atoms with E-state index < -0.39 is 23.2 Å². The summed E-state index contributed by atoms with van der Waals surface area (Å²) in [6.45, 7) is 3.73. The molecule has 0 aliphatic heterocycles. The van der Waals surface area contributed by atoms with Crippen LogP contribution in [-0.4, -0.2) is 17.0 Å². The topological polar surface area (TPSA) is 66.4 Å². The lowest BCUT2D eigenvalue weighted by Gasteiger charge is -2.06. The first-order valence-electron chi connectivity index (χ1n) is 6.09. The third-order valence-corrected chi connectivity index (χ3v) is 3.73. The smallest absolute Gasteiger partial charge is 0.307 e. The Morgan fingerprint density at radius 3 is 2.58 bits per heavy atom. The zero-order valence-corrected chi connectivity index (χ0v) is 10.8. The van der Waals surface area contributed by atoms with Crippen molar-refractivity contribution in [3.63, 3.8) is 0 Å². The van der Waals surface area contributed by atoms with Crippen molar-refractivity contribution in [2.75, 3.05) is 0 Å². The number of carbonyl (C=O) groups is 2. The number of amides is 1. The third kappa shape index (κ3) is 2.59. The maximum atomic E-state index is 13.0. The van der Waals surface area contributed by atoms with Gasteiger partial charge in [0.15, 0.2) is 0 Å². The van der Waals surface area contributed by atoms with Crippen LogP contribution in [0, 0.1) is 23.1 Å². The molecule has 0 bridgehead atoms. The minimum atomic E-state index is -0.948. The standard InChI is InChI=1S/C14H16FNO3/c1-14(2)10(11(14)13(18)19)12(17)16-7-8-4-3-5-9(15)6-8/h3-6,10-11H,7H2,1-2H3,(H,16,17)(H,18,19). The first kappa shape index (κ1) is 13.5. The zero-order valence-electron chi connectivity index (χ0n) is 10.8. The normalized spacial score (nSPS) is 23.7. The Morgan fingerprint density at radius 1 is 1.37 bits per heavy atom. The van der Waals surface area contributed by atoms with Gasteiger partial charge in [0.25, 0.3) is 0 Å². The second kappa shape index (κ2) is 4.64. The number of hydrogen-bond acceptors (Lipinski definition) is 2. The number of carboxylic acid groups (broad SMARTS) is 1. The van der Waals surface area contributed by atoms with Gasteiger partial charge in [-0.25, -0.2) is 4.39 Å². The van der Waals surface area contributed by atoms with E-state index in [1.807, 2.05) is 0 Å². The van der Waals surface area contributed by atoms with Crippen molar-refractivity contribution < 1.29 is 19.1 Å². The van der Waals surface area contributed by atoms with Crippen LogP contribution < -0.4 is 5.32 Å². The van der Waals surface area contributed by atoms with Crippen molar-refractivity contribution in [2.45, 2.75) is 20.4 Å². The molecule has 1 fully saturated rings. The largest absolute Gasteiger partial charge is 0.481 e. The molecule has 0 heterocycles. The van der Waals surface area contributed by atoms with Crippen molar-refractivity contribution in [1.82, 2.24) is 5.32 Å². The first-order chi connectivity index (χ1) is 8.84. The monoisotopic (exact) mass is 265 g/mol. The summed E-state index contributed by atoms with van der Waals surface area (Å²) in [6.07, 6.45) is 0. The van der Waals surface area contributed by atoms with Gasteiger partial charge in [-0.1, -0.05) is 26.0 Å². The highest BCUT2D eigenvalue weighted by Crippen LogP contribution is 2.58. The lowest BCUT2D eigenvalue weighted by molar-refractivity contribution is -0.140. The summed E-state index contributed by atoms with van der Waals surface area (Å²) < 4.78 is 13.0. The molecule has 19 heavy (non-hydrogen) atoms. The van der Waals surface area contributed by atoms with Gasteiger partial charge in [-0.15, -0.1) is 0 Å². The van der Waals surface area contributed by atoms with Gasteiger partial charge in [-0.05, 0) is 23.1 Å².